The summed E-state index contributed by atoms with van der Waals surface area (Å²) in [5.41, 5.74) is 1.03. The van der Waals surface area contributed by atoms with Gasteiger partial charge in [-0.1, -0.05) is 24.3 Å². The van der Waals surface area contributed by atoms with Gasteiger partial charge < -0.3 is 14.8 Å². The van der Waals surface area contributed by atoms with Gasteiger partial charge in [-0.15, -0.1) is 0 Å². The topological polar surface area (TPSA) is 67.9 Å². The lowest BCUT2D eigenvalue weighted by Gasteiger charge is -2.12. The summed E-state index contributed by atoms with van der Waals surface area (Å²) in [5, 5.41) is 2.51. The fourth-order valence-corrected chi connectivity index (χ4v) is 2.62. The van der Waals surface area contributed by atoms with Crippen molar-refractivity contribution in [2.75, 3.05) is 14.2 Å². The number of methoxy groups -OCH3 is 2. The van der Waals surface area contributed by atoms with E-state index < -0.39 is 17.8 Å². The molecule has 3 rings (SSSR count). The quantitative estimate of drug-likeness (QED) is 0.661. The van der Waals surface area contributed by atoms with Crippen LogP contribution in [0.15, 0.2) is 48.2 Å². The number of imide groups is 1. The second-order valence-corrected chi connectivity index (χ2v) is 5.59. The molecule has 3 amide bonds. The van der Waals surface area contributed by atoms with Crippen LogP contribution >= 0.6 is 0 Å². The summed E-state index contributed by atoms with van der Waals surface area (Å²) in [6.07, 6.45) is 1.53. The zero-order chi connectivity index (χ0) is 18.7. The molecule has 1 aliphatic heterocycles. The first-order valence-corrected chi connectivity index (χ1v) is 7.83. The summed E-state index contributed by atoms with van der Waals surface area (Å²) in [4.78, 5) is 25.6. The maximum Gasteiger partial charge on any atom is 0.329 e. The van der Waals surface area contributed by atoms with Gasteiger partial charge in [0.2, 0.25) is 0 Å². The lowest BCUT2D eigenvalue weighted by molar-refractivity contribution is -0.123. The van der Waals surface area contributed by atoms with Crippen molar-refractivity contribution in [3.8, 4) is 11.5 Å². The molecule has 0 radical (unpaired) electrons. The Hall–Kier alpha value is -3.35. The van der Waals surface area contributed by atoms with Gasteiger partial charge in [0.1, 0.15) is 11.5 Å². The van der Waals surface area contributed by atoms with Crippen LogP contribution in [0.25, 0.3) is 6.08 Å². The largest absolute Gasteiger partial charge is 0.493 e. The predicted octanol–water partition coefficient (Wildman–Crippen LogP) is 2.94. The van der Waals surface area contributed by atoms with Gasteiger partial charge in [-0.25, -0.2) is 9.18 Å². The number of hydrogen-bond donors (Lipinski definition) is 1. The van der Waals surface area contributed by atoms with E-state index in [1.54, 1.807) is 30.3 Å². The molecule has 1 saturated heterocycles. The Balaban J connectivity index is 1.84. The predicted molar refractivity (Wildman–Crippen MR) is 93.0 cm³/mol. The standard InChI is InChI=1S/C19H17FN2O4/c1-25-16-8-7-12(10-17(16)26-2)9-15-18(23)22(19(24)21-15)11-13-5-3-4-6-14(13)20/h3-10H,11H2,1-2H3,(H,21,24)/b15-9-. The van der Waals surface area contributed by atoms with E-state index in [0.717, 1.165) is 4.90 Å². The molecule has 26 heavy (non-hydrogen) atoms. The first-order chi connectivity index (χ1) is 12.5. The highest BCUT2D eigenvalue weighted by Crippen LogP contribution is 2.29. The molecule has 0 bridgehead atoms. The molecule has 2 aromatic rings. The number of amides is 3. The Kier molecular flexibility index (Phi) is 4.88. The Morgan fingerprint density at radius 1 is 1.08 bits per heavy atom. The molecule has 0 unspecified atom stereocenters. The molecule has 1 fully saturated rings. The summed E-state index contributed by atoms with van der Waals surface area (Å²) in [5.74, 6) is 0.0675. The van der Waals surface area contributed by atoms with Crippen molar-refractivity contribution in [2.24, 2.45) is 0 Å². The first-order valence-electron chi connectivity index (χ1n) is 7.83. The highest BCUT2D eigenvalue weighted by atomic mass is 19.1. The maximum absolute atomic E-state index is 13.8. The number of carbonyl (C=O) groups is 2. The van der Waals surface area contributed by atoms with Crippen molar-refractivity contribution < 1.29 is 23.5 Å². The summed E-state index contributed by atoms with van der Waals surface area (Å²) >= 11 is 0. The van der Waals surface area contributed by atoms with Gasteiger partial charge in [0.05, 0.1) is 20.8 Å². The monoisotopic (exact) mass is 356 g/mol. The van der Waals surface area contributed by atoms with Gasteiger partial charge in [0.25, 0.3) is 5.91 Å². The zero-order valence-corrected chi connectivity index (χ0v) is 14.3. The minimum atomic E-state index is -0.593. The van der Waals surface area contributed by atoms with Crippen LogP contribution in [0, 0.1) is 5.82 Å². The number of nitrogens with one attached hydrogen (secondary N) is 1. The summed E-state index contributed by atoms with van der Waals surface area (Å²) in [6, 6.07) is 10.5. The summed E-state index contributed by atoms with van der Waals surface area (Å²) in [7, 11) is 3.03. The lowest BCUT2D eigenvalue weighted by Crippen LogP contribution is -2.30. The molecule has 6 nitrogen and oxygen atoms in total. The smallest absolute Gasteiger partial charge is 0.329 e. The van der Waals surface area contributed by atoms with Gasteiger partial charge in [0, 0.05) is 5.56 Å². The summed E-state index contributed by atoms with van der Waals surface area (Å²) in [6.45, 7) is -0.138. The van der Waals surface area contributed by atoms with Gasteiger partial charge in [-0.05, 0) is 29.8 Å². The Bertz CT molecular complexity index is 895. The third kappa shape index (κ3) is 3.37. The van der Waals surface area contributed by atoms with Crippen LogP contribution in [0.1, 0.15) is 11.1 Å². The van der Waals surface area contributed by atoms with E-state index >= 15 is 0 Å². The van der Waals surface area contributed by atoms with Crippen molar-refractivity contribution in [1.29, 1.82) is 0 Å². The van der Waals surface area contributed by atoms with E-state index in [9.17, 15) is 14.0 Å². The molecule has 0 aromatic heterocycles. The SMILES string of the molecule is COc1ccc(/C=C2\NC(=O)N(Cc3ccccc3F)C2=O)cc1OC. The van der Waals surface area contributed by atoms with Crippen LogP contribution < -0.4 is 14.8 Å². The minimum Gasteiger partial charge on any atom is -0.493 e. The number of halogens is 1. The number of carbonyl (C=O) groups excluding carboxylic acids is 2. The Morgan fingerprint density at radius 3 is 2.50 bits per heavy atom. The van der Waals surface area contributed by atoms with Crippen LogP contribution in [0.2, 0.25) is 0 Å². The van der Waals surface area contributed by atoms with Crippen molar-refractivity contribution in [1.82, 2.24) is 10.2 Å². The molecule has 7 heteroatoms. The number of urea groups is 1. The fraction of sp³-hybridized carbons (Fsp3) is 0.158. The zero-order valence-electron chi connectivity index (χ0n) is 14.3. The highest BCUT2D eigenvalue weighted by molar-refractivity contribution is 6.13. The molecule has 0 saturated carbocycles. The third-order valence-corrected chi connectivity index (χ3v) is 3.97. The molecule has 1 aliphatic rings. The second-order valence-electron chi connectivity index (χ2n) is 5.59. The van der Waals surface area contributed by atoms with Crippen LogP contribution in [-0.4, -0.2) is 31.1 Å². The summed E-state index contributed by atoms with van der Waals surface area (Å²) < 4.78 is 24.2. The molecule has 0 spiro atoms. The molecule has 134 valence electrons. The number of ether oxygens (including phenoxy) is 2. The van der Waals surface area contributed by atoms with Crippen LogP contribution in [0.3, 0.4) is 0 Å². The third-order valence-electron chi connectivity index (χ3n) is 3.97. The minimum absolute atomic E-state index is 0.110. The number of rotatable bonds is 5. The van der Waals surface area contributed by atoms with E-state index in [2.05, 4.69) is 5.32 Å². The van der Waals surface area contributed by atoms with E-state index in [1.165, 1.54) is 32.4 Å². The van der Waals surface area contributed by atoms with Crippen molar-refractivity contribution in [2.45, 2.75) is 6.54 Å². The molecule has 2 aromatic carbocycles. The fourth-order valence-electron chi connectivity index (χ4n) is 2.62. The van der Waals surface area contributed by atoms with E-state index in [-0.39, 0.29) is 17.8 Å². The average Bonchev–Trinajstić information content (AvgIpc) is 2.90. The van der Waals surface area contributed by atoms with Crippen molar-refractivity contribution in [3.05, 3.63) is 65.1 Å². The number of benzene rings is 2. The molecule has 1 heterocycles. The average molecular weight is 356 g/mol. The number of nitrogens with zero attached hydrogens (tertiary/aromatic N) is 1. The molecule has 0 atom stereocenters. The second kappa shape index (κ2) is 7.26. The van der Waals surface area contributed by atoms with E-state index in [1.807, 2.05) is 0 Å². The van der Waals surface area contributed by atoms with Gasteiger partial charge >= 0.3 is 6.03 Å². The van der Waals surface area contributed by atoms with E-state index in [4.69, 9.17) is 9.47 Å². The van der Waals surface area contributed by atoms with Crippen molar-refractivity contribution in [3.63, 3.8) is 0 Å². The molecule has 0 aliphatic carbocycles. The van der Waals surface area contributed by atoms with Gasteiger partial charge in [0.15, 0.2) is 11.5 Å². The molecular weight excluding hydrogens is 339 g/mol. The normalized spacial score (nSPS) is 15.3. The maximum atomic E-state index is 13.8. The van der Waals surface area contributed by atoms with Crippen LogP contribution in [0.4, 0.5) is 9.18 Å². The number of hydrogen-bond acceptors (Lipinski definition) is 4. The van der Waals surface area contributed by atoms with Crippen molar-refractivity contribution >= 4 is 18.0 Å². The molecular formula is C19H17FN2O4. The van der Waals surface area contributed by atoms with Crippen LogP contribution in [0.5, 0.6) is 11.5 Å². The van der Waals surface area contributed by atoms with Crippen LogP contribution in [-0.2, 0) is 11.3 Å². The Morgan fingerprint density at radius 2 is 1.81 bits per heavy atom. The first kappa shape index (κ1) is 17.5. The van der Waals surface area contributed by atoms with E-state index in [0.29, 0.717) is 17.1 Å². The van der Waals surface area contributed by atoms with Gasteiger partial charge in [-0.2, -0.15) is 0 Å². The van der Waals surface area contributed by atoms with Gasteiger partial charge in [-0.3, -0.25) is 9.69 Å². The molecule has 1 N–H and O–H groups in total. The highest BCUT2D eigenvalue weighted by Gasteiger charge is 2.34. The Labute approximate surface area is 149 Å². The lowest BCUT2D eigenvalue weighted by atomic mass is 10.1.